The van der Waals surface area contributed by atoms with Gasteiger partial charge in [-0.15, -0.1) is 0 Å². The molecule has 2 amide bonds. The van der Waals surface area contributed by atoms with E-state index in [1.165, 1.54) is 17.5 Å². The highest BCUT2D eigenvalue weighted by Crippen LogP contribution is 2.36. The second-order valence-corrected chi connectivity index (χ2v) is 12.3. The van der Waals surface area contributed by atoms with Crippen LogP contribution >= 0.6 is 11.3 Å². The summed E-state index contributed by atoms with van der Waals surface area (Å²) in [7, 11) is 1.74. The average molecular weight is 598 g/mol. The third-order valence-electron chi connectivity index (χ3n) is 6.62. The number of unbranched alkanes of at least 4 members (excludes halogenated alkanes) is 1. The van der Waals surface area contributed by atoms with Crippen LogP contribution in [0.4, 0.5) is 21.2 Å². The van der Waals surface area contributed by atoms with Gasteiger partial charge in [0.15, 0.2) is 5.69 Å². The van der Waals surface area contributed by atoms with E-state index < -0.39 is 23.6 Å². The molecule has 1 aliphatic rings. The third kappa shape index (κ3) is 8.07. The number of thiazole rings is 1. The van der Waals surface area contributed by atoms with Crippen molar-refractivity contribution < 1.29 is 23.9 Å². The van der Waals surface area contributed by atoms with Gasteiger partial charge in [0.1, 0.15) is 21.7 Å². The lowest BCUT2D eigenvalue weighted by Gasteiger charge is -2.21. The molecule has 3 heterocycles. The number of esters is 1. The molecule has 2 atom stereocenters. The van der Waals surface area contributed by atoms with Crippen molar-refractivity contribution in [2.24, 2.45) is 18.7 Å². The summed E-state index contributed by atoms with van der Waals surface area (Å²) < 4.78 is 12.3. The summed E-state index contributed by atoms with van der Waals surface area (Å²) in [6.07, 6.45) is 5.04. The van der Waals surface area contributed by atoms with Crippen LogP contribution < -0.4 is 21.3 Å². The number of carbonyl (C=O) groups is 3. The number of aryl methyl sites for hydroxylation is 1. The van der Waals surface area contributed by atoms with Crippen molar-refractivity contribution in [1.29, 1.82) is 0 Å². The molecule has 1 saturated heterocycles. The first-order valence-corrected chi connectivity index (χ1v) is 14.8. The number of benzene rings is 1. The molecule has 3 aromatic rings. The number of anilines is 3. The maximum Gasteiger partial charge on any atom is 0.412 e. The number of hydrogen-bond donors (Lipinski definition) is 3. The number of nitrogens with two attached hydrogens (primary N) is 1. The fourth-order valence-corrected chi connectivity index (χ4v) is 5.46. The molecule has 0 bridgehead atoms. The fraction of sp³-hybridized carbons (Fsp3) is 0.483. The zero-order valence-corrected chi connectivity index (χ0v) is 25.5. The first-order chi connectivity index (χ1) is 19.9. The lowest BCUT2D eigenvalue weighted by Crippen LogP contribution is -2.41. The number of amides is 2. The van der Waals surface area contributed by atoms with Crippen LogP contribution in [0.1, 0.15) is 57.4 Å². The molecule has 0 aliphatic carbocycles. The molecular weight excluding hydrogens is 558 g/mol. The Morgan fingerprint density at radius 3 is 2.71 bits per heavy atom. The van der Waals surface area contributed by atoms with E-state index in [1.54, 1.807) is 38.7 Å². The van der Waals surface area contributed by atoms with E-state index in [0.717, 1.165) is 37.1 Å². The van der Waals surface area contributed by atoms with Gasteiger partial charge in [0.2, 0.25) is 0 Å². The van der Waals surface area contributed by atoms with Gasteiger partial charge in [0, 0.05) is 43.5 Å². The number of carbonyl (C=O) groups excluding carboxylic acids is 3. The Hall–Kier alpha value is -3.97. The van der Waals surface area contributed by atoms with Crippen LogP contribution in [0.3, 0.4) is 0 Å². The SMILES string of the molecule is CCCCOC(=O)C(N)C1CCN(c2cccc(-c3nc(C(=O)Nc4cnn(C)c4)c(NC(=O)OC(C)(C)C)s3)c2)C1. The molecule has 0 saturated carbocycles. The van der Waals surface area contributed by atoms with Crippen LogP contribution in [0.5, 0.6) is 0 Å². The van der Waals surface area contributed by atoms with Gasteiger partial charge in [-0.1, -0.05) is 36.8 Å². The Balaban J connectivity index is 1.53. The summed E-state index contributed by atoms with van der Waals surface area (Å²) in [6, 6.07) is 7.10. The molecule has 226 valence electrons. The quantitative estimate of drug-likeness (QED) is 0.224. The summed E-state index contributed by atoms with van der Waals surface area (Å²) in [6.45, 7) is 9.08. The fourth-order valence-electron chi connectivity index (χ4n) is 4.51. The molecule has 2 unspecified atom stereocenters. The summed E-state index contributed by atoms with van der Waals surface area (Å²) in [5, 5.41) is 10.3. The van der Waals surface area contributed by atoms with Crippen molar-refractivity contribution in [3.63, 3.8) is 0 Å². The molecule has 1 aromatic carbocycles. The van der Waals surface area contributed by atoms with Crippen LogP contribution in [-0.4, -0.2) is 64.1 Å². The first-order valence-electron chi connectivity index (χ1n) is 14.0. The Kier molecular flexibility index (Phi) is 9.84. The van der Waals surface area contributed by atoms with Crippen LogP contribution in [0.25, 0.3) is 10.6 Å². The lowest BCUT2D eigenvalue weighted by atomic mass is 10.00. The molecule has 4 rings (SSSR count). The van der Waals surface area contributed by atoms with Gasteiger partial charge in [-0.05, 0) is 45.7 Å². The Morgan fingerprint density at radius 2 is 2.02 bits per heavy atom. The lowest BCUT2D eigenvalue weighted by molar-refractivity contribution is -0.146. The summed E-state index contributed by atoms with van der Waals surface area (Å²) in [5.41, 5.74) is 7.81. The maximum absolute atomic E-state index is 13.2. The minimum atomic E-state index is -0.716. The molecule has 2 aromatic heterocycles. The van der Waals surface area contributed by atoms with E-state index in [4.69, 9.17) is 15.2 Å². The van der Waals surface area contributed by atoms with Gasteiger partial charge in [0.05, 0.1) is 18.5 Å². The normalized spacial score (nSPS) is 15.8. The van der Waals surface area contributed by atoms with E-state index in [0.29, 0.717) is 23.8 Å². The standard InChI is InChI=1S/C29H39N7O5S/c1-6-7-13-40-27(38)22(30)19-11-12-36(16-19)21-10-8-9-18(14-21)25-33-23(24(37)32-20-15-31-35(5)17-20)26(42-25)34-28(39)41-29(2,3)4/h8-10,14-15,17,19,22H,6-7,11-13,16,30H2,1-5H3,(H,32,37)(H,34,39). The van der Waals surface area contributed by atoms with Crippen molar-refractivity contribution in [2.75, 3.05) is 35.2 Å². The number of ether oxygens (including phenoxy) is 2. The Labute approximate surface area is 249 Å². The zero-order valence-electron chi connectivity index (χ0n) is 24.7. The minimum Gasteiger partial charge on any atom is -0.465 e. The van der Waals surface area contributed by atoms with Gasteiger partial charge < -0.3 is 25.4 Å². The second kappa shape index (κ2) is 13.3. The molecule has 4 N–H and O–H groups in total. The molecule has 12 nitrogen and oxygen atoms in total. The van der Waals surface area contributed by atoms with E-state index in [2.05, 4.69) is 25.6 Å². The number of hydrogen-bond acceptors (Lipinski definition) is 10. The number of aromatic nitrogens is 3. The van der Waals surface area contributed by atoms with Gasteiger partial charge >= 0.3 is 12.1 Å². The van der Waals surface area contributed by atoms with E-state index in [9.17, 15) is 14.4 Å². The minimum absolute atomic E-state index is 0.0185. The van der Waals surface area contributed by atoms with Crippen molar-refractivity contribution in [1.82, 2.24) is 14.8 Å². The van der Waals surface area contributed by atoms with Crippen molar-refractivity contribution in [2.45, 2.75) is 58.6 Å². The van der Waals surface area contributed by atoms with Gasteiger partial charge in [-0.2, -0.15) is 5.10 Å². The Bertz CT molecular complexity index is 1410. The topological polar surface area (TPSA) is 154 Å². The van der Waals surface area contributed by atoms with Crippen LogP contribution in [0.15, 0.2) is 36.7 Å². The maximum atomic E-state index is 13.2. The van der Waals surface area contributed by atoms with Crippen molar-refractivity contribution >= 4 is 45.7 Å². The predicted octanol–water partition coefficient (Wildman–Crippen LogP) is 4.64. The van der Waals surface area contributed by atoms with E-state index in [-0.39, 0.29) is 22.6 Å². The third-order valence-corrected chi connectivity index (χ3v) is 7.64. The summed E-state index contributed by atoms with van der Waals surface area (Å²) in [4.78, 5) is 45.0. The van der Waals surface area contributed by atoms with Crippen LogP contribution in [0.2, 0.25) is 0 Å². The second-order valence-electron chi connectivity index (χ2n) is 11.3. The van der Waals surface area contributed by atoms with Gasteiger partial charge in [-0.3, -0.25) is 19.6 Å². The predicted molar refractivity (Wildman–Crippen MR) is 163 cm³/mol. The van der Waals surface area contributed by atoms with Crippen LogP contribution in [-0.2, 0) is 21.3 Å². The highest BCUT2D eigenvalue weighted by molar-refractivity contribution is 7.19. The smallest absolute Gasteiger partial charge is 0.412 e. The monoisotopic (exact) mass is 597 g/mol. The van der Waals surface area contributed by atoms with Crippen LogP contribution in [0, 0.1) is 5.92 Å². The van der Waals surface area contributed by atoms with Crippen molar-refractivity contribution in [3.8, 4) is 10.6 Å². The molecule has 0 radical (unpaired) electrons. The van der Waals surface area contributed by atoms with Gasteiger partial charge in [-0.25, -0.2) is 9.78 Å². The highest BCUT2D eigenvalue weighted by Gasteiger charge is 2.33. The first kappa shape index (κ1) is 31.0. The molecule has 1 aliphatic heterocycles. The summed E-state index contributed by atoms with van der Waals surface area (Å²) in [5.74, 6) is -0.862. The molecule has 42 heavy (non-hydrogen) atoms. The van der Waals surface area contributed by atoms with Gasteiger partial charge in [0.25, 0.3) is 5.91 Å². The molecule has 13 heteroatoms. The zero-order chi connectivity index (χ0) is 30.4. The largest absolute Gasteiger partial charge is 0.465 e. The number of nitrogens with one attached hydrogen (secondary N) is 2. The Morgan fingerprint density at radius 1 is 1.24 bits per heavy atom. The van der Waals surface area contributed by atoms with E-state index >= 15 is 0 Å². The molecule has 1 fully saturated rings. The summed E-state index contributed by atoms with van der Waals surface area (Å²) >= 11 is 1.18. The molecule has 0 spiro atoms. The van der Waals surface area contributed by atoms with Crippen molar-refractivity contribution in [3.05, 3.63) is 42.4 Å². The number of nitrogens with zero attached hydrogens (tertiary/aromatic N) is 4. The number of rotatable bonds is 10. The average Bonchev–Trinajstić information content (AvgIpc) is 3.67. The molecular formula is C29H39N7O5S. The van der Waals surface area contributed by atoms with E-state index in [1.807, 2.05) is 31.2 Å². The highest BCUT2D eigenvalue weighted by atomic mass is 32.1.